The maximum Gasteiger partial charge on any atom is 0.303 e. The number of aryl methyl sites for hydroxylation is 1. The Balaban J connectivity index is 1.85. The third-order valence-electron chi connectivity index (χ3n) is 5.29. The fourth-order valence-corrected chi connectivity index (χ4v) is 4.24. The van der Waals surface area contributed by atoms with E-state index < -0.39 is 5.97 Å². The van der Waals surface area contributed by atoms with Gasteiger partial charge in [0.25, 0.3) is 0 Å². The average molecular weight is 316 g/mol. The first-order valence-electron chi connectivity index (χ1n) is 8.51. The highest BCUT2D eigenvalue weighted by Gasteiger charge is 2.32. The van der Waals surface area contributed by atoms with Crippen LogP contribution in [0.1, 0.15) is 41.4 Å². The molecular formula is C22H20O2. The second kappa shape index (κ2) is 6.12. The van der Waals surface area contributed by atoms with E-state index in [1.54, 1.807) is 0 Å². The third-order valence-corrected chi connectivity index (χ3v) is 5.29. The maximum atomic E-state index is 11.5. The molecule has 0 spiro atoms. The molecule has 0 bridgehead atoms. The predicted octanol–water partition coefficient (Wildman–Crippen LogP) is 5.13. The molecule has 0 aromatic heterocycles. The van der Waals surface area contributed by atoms with Crippen molar-refractivity contribution in [1.82, 2.24) is 0 Å². The van der Waals surface area contributed by atoms with E-state index in [4.69, 9.17) is 0 Å². The van der Waals surface area contributed by atoms with Crippen molar-refractivity contribution in [2.24, 2.45) is 0 Å². The summed E-state index contributed by atoms with van der Waals surface area (Å²) >= 11 is 0. The second-order valence-corrected chi connectivity index (χ2v) is 6.61. The second-order valence-electron chi connectivity index (χ2n) is 6.61. The van der Waals surface area contributed by atoms with E-state index in [9.17, 15) is 9.90 Å². The number of carboxylic acids is 1. The van der Waals surface area contributed by atoms with Crippen LogP contribution in [0.2, 0.25) is 0 Å². The molecule has 1 aliphatic rings. The molecule has 0 fully saturated rings. The van der Waals surface area contributed by atoms with E-state index in [2.05, 4.69) is 48.5 Å². The van der Waals surface area contributed by atoms with Crippen LogP contribution in [-0.4, -0.2) is 11.1 Å². The van der Waals surface area contributed by atoms with Gasteiger partial charge in [-0.3, -0.25) is 4.79 Å². The molecule has 1 N–H and O–H groups in total. The quantitative estimate of drug-likeness (QED) is 0.727. The molecule has 2 nitrogen and oxygen atoms in total. The molecule has 0 unspecified atom stereocenters. The van der Waals surface area contributed by atoms with Gasteiger partial charge in [-0.2, -0.15) is 0 Å². The van der Waals surface area contributed by atoms with Gasteiger partial charge in [-0.05, 0) is 46.2 Å². The zero-order chi connectivity index (χ0) is 16.5. The van der Waals surface area contributed by atoms with Crippen LogP contribution >= 0.6 is 0 Å². The molecule has 2 heteroatoms. The van der Waals surface area contributed by atoms with Crippen molar-refractivity contribution in [2.45, 2.75) is 31.1 Å². The van der Waals surface area contributed by atoms with Crippen LogP contribution in [0.3, 0.4) is 0 Å². The van der Waals surface area contributed by atoms with Crippen LogP contribution in [-0.2, 0) is 11.2 Å². The molecule has 0 saturated carbocycles. The largest absolute Gasteiger partial charge is 0.481 e. The Kier molecular flexibility index (Phi) is 3.81. The first-order valence-corrected chi connectivity index (χ1v) is 8.51. The third kappa shape index (κ3) is 2.58. The summed E-state index contributed by atoms with van der Waals surface area (Å²) in [5.41, 5.74) is 3.81. The molecule has 0 aliphatic heterocycles. The fourth-order valence-electron chi connectivity index (χ4n) is 4.24. The van der Waals surface area contributed by atoms with Crippen LogP contribution in [0.15, 0.2) is 66.7 Å². The summed E-state index contributed by atoms with van der Waals surface area (Å²) in [4.78, 5) is 11.5. The van der Waals surface area contributed by atoms with Crippen LogP contribution in [0, 0.1) is 0 Å². The van der Waals surface area contributed by atoms with Gasteiger partial charge in [0.05, 0.1) is 6.42 Å². The number of aliphatic carboxylic acids is 1. The summed E-state index contributed by atoms with van der Waals surface area (Å²) in [5, 5.41) is 12.0. The Morgan fingerprint density at radius 1 is 0.958 bits per heavy atom. The Morgan fingerprint density at radius 3 is 2.50 bits per heavy atom. The SMILES string of the molecule is O=C(O)C[C@@H]1c2ccc3ccccc3c2CC[C@H]1c1ccccc1. The van der Waals surface area contributed by atoms with E-state index in [-0.39, 0.29) is 18.3 Å². The molecule has 120 valence electrons. The Bertz CT molecular complexity index is 883. The van der Waals surface area contributed by atoms with Gasteiger partial charge in [-0.1, -0.05) is 66.7 Å². The highest BCUT2D eigenvalue weighted by molar-refractivity contribution is 5.87. The number of carbonyl (C=O) groups is 1. The first kappa shape index (κ1) is 14.9. The number of carboxylic acid groups (broad SMARTS) is 1. The summed E-state index contributed by atoms with van der Waals surface area (Å²) < 4.78 is 0. The number of rotatable bonds is 3. The Morgan fingerprint density at radius 2 is 1.71 bits per heavy atom. The number of benzene rings is 3. The lowest BCUT2D eigenvalue weighted by atomic mass is 9.70. The van der Waals surface area contributed by atoms with Crippen molar-refractivity contribution < 1.29 is 9.90 Å². The van der Waals surface area contributed by atoms with Gasteiger partial charge < -0.3 is 5.11 Å². The lowest BCUT2D eigenvalue weighted by molar-refractivity contribution is -0.137. The minimum atomic E-state index is -0.720. The molecule has 1 aliphatic carbocycles. The Labute approximate surface area is 141 Å². The molecule has 0 heterocycles. The van der Waals surface area contributed by atoms with E-state index in [0.29, 0.717) is 0 Å². The van der Waals surface area contributed by atoms with Gasteiger partial charge in [0.15, 0.2) is 0 Å². The Hall–Kier alpha value is -2.61. The van der Waals surface area contributed by atoms with Gasteiger partial charge in [0, 0.05) is 5.92 Å². The molecule has 24 heavy (non-hydrogen) atoms. The van der Waals surface area contributed by atoms with Crippen molar-refractivity contribution in [2.75, 3.05) is 0 Å². The van der Waals surface area contributed by atoms with Gasteiger partial charge in [0.2, 0.25) is 0 Å². The van der Waals surface area contributed by atoms with Gasteiger partial charge in [0.1, 0.15) is 0 Å². The van der Waals surface area contributed by atoms with Crippen molar-refractivity contribution >= 4 is 16.7 Å². The summed E-state index contributed by atoms with van der Waals surface area (Å²) in [6.45, 7) is 0. The molecule has 0 saturated heterocycles. The predicted molar refractivity (Wildman–Crippen MR) is 96.4 cm³/mol. The standard InChI is InChI=1S/C22H20O2/c23-22(24)14-21-18(15-6-2-1-3-7-15)12-13-19-17-9-5-4-8-16(17)10-11-20(19)21/h1-11,18,21H,12-14H2,(H,23,24)/t18-,21-/m0/s1. The van der Waals surface area contributed by atoms with Crippen LogP contribution in [0.4, 0.5) is 0 Å². The first-order chi connectivity index (χ1) is 11.7. The number of hydrogen-bond donors (Lipinski definition) is 1. The fraction of sp³-hybridized carbons (Fsp3) is 0.227. The van der Waals surface area contributed by atoms with Crippen molar-refractivity contribution in [3.63, 3.8) is 0 Å². The number of fused-ring (bicyclic) bond motifs is 3. The monoisotopic (exact) mass is 316 g/mol. The van der Waals surface area contributed by atoms with Crippen LogP contribution < -0.4 is 0 Å². The molecule has 3 aromatic carbocycles. The minimum Gasteiger partial charge on any atom is -0.481 e. The minimum absolute atomic E-state index is 0.0401. The lowest BCUT2D eigenvalue weighted by Crippen LogP contribution is -2.22. The lowest BCUT2D eigenvalue weighted by Gasteiger charge is -2.34. The van der Waals surface area contributed by atoms with Gasteiger partial charge in [-0.15, -0.1) is 0 Å². The summed E-state index contributed by atoms with van der Waals surface area (Å²) in [5.74, 6) is -0.406. The molecule has 3 aromatic rings. The van der Waals surface area contributed by atoms with E-state index in [1.807, 2.05) is 18.2 Å². The smallest absolute Gasteiger partial charge is 0.303 e. The normalized spacial score (nSPS) is 19.8. The van der Waals surface area contributed by atoms with Crippen molar-refractivity contribution in [3.8, 4) is 0 Å². The molecule has 0 amide bonds. The molecule has 2 atom stereocenters. The van der Waals surface area contributed by atoms with Gasteiger partial charge >= 0.3 is 5.97 Å². The van der Waals surface area contributed by atoms with Crippen molar-refractivity contribution in [3.05, 3.63) is 83.4 Å². The average Bonchev–Trinajstić information content (AvgIpc) is 2.62. The maximum absolute atomic E-state index is 11.5. The molecule has 4 rings (SSSR count). The summed E-state index contributed by atoms with van der Waals surface area (Å²) in [6.07, 6.45) is 2.19. The summed E-state index contributed by atoms with van der Waals surface area (Å²) in [7, 11) is 0. The van der Waals surface area contributed by atoms with Crippen LogP contribution in [0.25, 0.3) is 10.8 Å². The van der Waals surface area contributed by atoms with Crippen LogP contribution in [0.5, 0.6) is 0 Å². The van der Waals surface area contributed by atoms with Crippen molar-refractivity contribution in [1.29, 1.82) is 0 Å². The topological polar surface area (TPSA) is 37.3 Å². The highest BCUT2D eigenvalue weighted by atomic mass is 16.4. The molecular weight excluding hydrogens is 296 g/mol. The summed E-state index contributed by atoms with van der Waals surface area (Å²) in [6, 6.07) is 23.1. The zero-order valence-corrected chi connectivity index (χ0v) is 13.5. The number of hydrogen-bond acceptors (Lipinski definition) is 1. The van der Waals surface area contributed by atoms with E-state index in [0.717, 1.165) is 12.8 Å². The van der Waals surface area contributed by atoms with E-state index >= 15 is 0 Å². The highest BCUT2D eigenvalue weighted by Crippen LogP contribution is 2.46. The zero-order valence-electron chi connectivity index (χ0n) is 13.5. The van der Waals surface area contributed by atoms with E-state index in [1.165, 1.54) is 27.5 Å². The van der Waals surface area contributed by atoms with Gasteiger partial charge in [-0.25, -0.2) is 0 Å². The molecule has 0 radical (unpaired) electrons.